The highest BCUT2D eigenvalue weighted by Crippen LogP contribution is 2.16. The number of nitrogens with zero attached hydrogens (tertiary/aromatic N) is 1. The lowest BCUT2D eigenvalue weighted by Crippen LogP contribution is -2.55. The van der Waals surface area contributed by atoms with E-state index >= 15 is 0 Å². The van der Waals surface area contributed by atoms with Crippen LogP contribution in [0.5, 0.6) is 0 Å². The molecule has 2 amide bonds. The second kappa shape index (κ2) is 6.69. The van der Waals surface area contributed by atoms with E-state index in [0.29, 0.717) is 11.1 Å². The smallest absolute Gasteiger partial charge is 0.276 e. The molecule has 5 heteroatoms. The van der Waals surface area contributed by atoms with Crippen molar-refractivity contribution in [3.05, 3.63) is 59.5 Å². The normalized spacial score (nSPS) is 11.1. The second-order valence-electron chi connectivity index (χ2n) is 6.31. The molecule has 0 aliphatic heterocycles. The highest BCUT2D eigenvalue weighted by molar-refractivity contribution is 5.99. The fourth-order valence-electron chi connectivity index (χ4n) is 2.10. The van der Waals surface area contributed by atoms with Crippen molar-refractivity contribution < 1.29 is 14.0 Å². The molecule has 2 aromatic rings. The van der Waals surface area contributed by atoms with Crippen LogP contribution >= 0.6 is 0 Å². The standard InChI is InChI=1S/C18H22N2O3/c1-5-13-6-8-14(9-7-13)16(21)19-20(18(2,3)4)17(22)15-10-11-23-12-15/h6-12H,5H2,1-4H3,(H,19,21). The van der Waals surface area contributed by atoms with Gasteiger partial charge < -0.3 is 4.42 Å². The fraction of sp³-hybridized carbons (Fsp3) is 0.333. The Hall–Kier alpha value is -2.56. The van der Waals surface area contributed by atoms with Gasteiger partial charge >= 0.3 is 0 Å². The zero-order valence-corrected chi connectivity index (χ0v) is 13.9. The number of furan rings is 1. The molecule has 122 valence electrons. The van der Waals surface area contributed by atoms with Crippen molar-refractivity contribution in [1.29, 1.82) is 0 Å². The summed E-state index contributed by atoms with van der Waals surface area (Å²) in [6.07, 6.45) is 3.71. The van der Waals surface area contributed by atoms with Crippen molar-refractivity contribution in [3.63, 3.8) is 0 Å². The SMILES string of the molecule is CCc1ccc(C(=O)NN(C(=O)c2ccoc2)C(C)(C)C)cc1. The molecule has 0 unspecified atom stereocenters. The van der Waals surface area contributed by atoms with Crippen molar-refractivity contribution >= 4 is 11.8 Å². The molecule has 0 atom stereocenters. The van der Waals surface area contributed by atoms with Gasteiger partial charge in [-0.1, -0.05) is 19.1 Å². The Bertz CT molecular complexity index is 667. The molecule has 0 spiro atoms. The van der Waals surface area contributed by atoms with Crippen LogP contribution < -0.4 is 5.43 Å². The van der Waals surface area contributed by atoms with Gasteiger partial charge in [0.05, 0.1) is 17.4 Å². The number of carbonyl (C=O) groups is 2. The van der Waals surface area contributed by atoms with Crippen LogP contribution in [0.3, 0.4) is 0 Å². The first-order chi connectivity index (χ1) is 10.8. The van der Waals surface area contributed by atoms with Crippen molar-refractivity contribution in [3.8, 4) is 0 Å². The molecule has 5 nitrogen and oxygen atoms in total. The number of nitrogens with one attached hydrogen (secondary N) is 1. The first kappa shape index (κ1) is 16.8. The van der Waals surface area contributed by atoms with Crippen molar-refractivity contribution in [2.75, 3.05) is 0 Å². The maximum atomic E-state index is 12.6. The van der Waals surface area contributed by atoms with Crippen LogP contribution in [0.1, 0.15) is 54.0 Å². The Morgan fingerprint density at radius 3 is 2.22 bits per heavy atom. The average Bonchev–Trinajstić information content (AvgIpc) is 3.05. The van der Waals surface area contributed by atoms with Crippen LogP contribution in [0.2, 0.25) is 0 Å². The molecule has 1 N–H and O–H groups in total. The molecule has 0 saturated carbocycles. The van der Waals surface area contributed by atoms with Gasteiger partial charge in [0.25, 0.3) is 11.8 Å². The Morgan fingerprint density at radius 2 is 1.74 bits per heavy atom. The van der Waals surface area contributed by atoms with E-state index in [9.17, 15) is 9.59 Å². The Balaban J connectivity index is 2.20. The van der Waals surface area contributed by atoms with E-state index < -0.39 is 5.54 Å². The van der Waals surface area contributed by atoms with Crippen LogP contribution in [0.25, 0.3) is 0 Å². The number of aryl methyl sites for hydroxylation is 1. The van der Waals surface area contributed by atoms with Crippen LogP contribution in [0.15, 0.2) is 47.3 Å². The molecule has 0 aliphatic rings. The van der Waals surface area contributed by atoms with E-state index in [4.69, 9.17) is 4.42 Å². The molecule has 0 aliphatic carbocycles. The molecule has 23 heavy (non-hydrogen) atoms. The van der Waals surface area contributed by atoms with Crippen LogP contribution in [0.4, 0.5) is 0 Å². The third kappa shape index (κ3) is 4.00. The summed E-state index contributed by atoms with van der Waals surface area (Å²) in [6.45, 7) is 7.61. The maximum Gasteiger partial charge on any atom is 0.276 e. The number of hydrogen-bond donors (Lipinski definition) is 1. The molecule has 1 heterocycles. The van der Waals surface area contributed by atoms with Crippen molar-refractivity contribution in [2.24, 2.45) is 0 Å². The van der Waals surface area contributed by atoms with Crippen LogP contribution in [-0.4, -0.2) is 22.4 Å². The van der Waals surface area contributed by atoms with Crippen LogP contribution in [-0.2, 0) is 6.42 Å². The van der Waals surface area contributed by atoms with E-state index in [1.807, 2.05) is 32.9 Å². The van der Waals surface area contributed by atoms with Gasteiger partial charge in [0, 0.05) is 5.56 Å². The monoisotopic (exact) mass is 314 g/mol. The average molecular weight is 314 g/mol. The number of hydrazine groups is 1. The summed E-state index contributed by atoms with van der Waals surface area (Å²) in [5.41, 5.74) is 4.18. The molecule has 1 aromatic carbocycles. The van der Waals surface area contributed by atoms with Gasteiger partial charge in [-0.15, -0.1) is 0 Å². The van der Waals surface area contributed by atoms with Gasteiger partial charge in [-0.05, 0) is 51.0 Å². The zero-order valence-electron chi connectivity index (χ0n) is 13.9. The molecule has 0 radical (unpaired) electrons. The van der Waals surface area contributed by atoms with Gasteiger partial charge in [-0.3, -0.25) is 15.0 Å². The Kier molecular flexibility index (Phi) is 4.89. The summed E-state index contributed by atoms with van der Waals surface area (Å²) in [4.78, 5) is 25.0. The molecule has 0 fully saturated rings. The van der Waals surface area contributed by atoms with Gasteiger partial charge in [0.15, 0.2) is 0 Å². The van der Waals surface area contributed by atoms with Crippen molar-refractivity contribution in [1.82, 2.24) is 10.4 Å². The van der Waals surface area contributed by atoms with Gasteiger partial charge in [0.2, 0.25) is 0 Å². The van der Waals surface area contributed by atoms with Crippen LogP contribution in [0, 0.1) is 0 Å². The molecule has 0 bridgehead atoms. The lowest BCUT2D eigenvalue weighted by molar-refractivity contribution is 0.0358. The topological polar surface area (TPSA) is 62.6 Å². The number of hydrogen-bond acceptors (Lipinski definition) is 3. The predicted molar refractivity (Wildman–Crippen MR) is 87.9 cm³/mol. The van der Waals surface area contributed by atoms with Gasteiger partial charge in [-0.25, -0.2) is 5.01 Å². The van der Waals surface area contributed by atoms with E-state index in [0.717, 1.165) is 12.0 Å². The summed E-state index contributed by atoms with van der Waals surface area (Å²) < 4.78 is 4.95. The third-order valence-electron chi connectivity index (χ3n) is 3.48. The van der Waals surface area contributed by atoms with Gasteiger partial charge in [0.1, 0.15) is 6.26 Å². The molecule has 0 saturated heterocycles. The summed E-state index contributed by atoms with van der Waals surface area (Å²) in [5, 5.41) is 1.33. The molecule has 2 rings (SSSR count). The molecular weight excluding hydrogens is 292 g/mol. The van der Waals surface area contributed by atoms with E-state index in [1.165, 1.54) is 17.5 Å². The lowest BCUT2D eigenvalue weighted by atomic mass is 10.1. The fourth-order valence-corrected chi connectivity index (χ4v) is 2.10. The number of carbonyl (C=O) groups excluding carboxylic acids is 2. The lowest BCUT2D eigenvalue weighted by Gasteiger charge is -2.35. The van der Waals surface area contributed by atoms with E-state index in [2.05, 4.69) is 12.3 Å². The highest BCUT2D eigenvalue weighted by Gasteiger charge is 2.30. The van der Waals surface area contributed by atoms with E-state index in [-0.39, 0.29) is 11.8 Å². The first-order valence-corrected chi connectivity index (χ1v) is 7.59. The summed E-state index contributed by atoms with van der Waals surface area (Å²) in [6, 6.07) is 8.92. The van der Waals surface area contributed by atoms with Crippen molar-refractivity contribution in [2.45, 2.75) is 39.7 Å². The maximum absolute atomic E-state index is 12.6. The highest BCUT2D eigenvalue weighted by atomic mass is 16.3. The largest absolute Gasteiger partial charge is 0.472 e. The summed E-state index contributed by atoms with van der Waals surface area (Å²) >= 11 is 0. The minimum Gasteiger partial charge on any atom is -0.472 e. The minimum atomic E-state index is -0.576. The zero-order chi connectivity index (χ0) is 17.0. The Morgan fingerprint density at radius 1 is 1.09 bits per heavy atom. The third-order valence-corrected chi connectivity index (χ3v) is 3.48. The number of amides is 2. The summed E-state index contributed by atoms with van der Waals surface area (Å²) in [7, 11) is 0. The Labute approximate surface area is 136 Å². The molecular formula is C18H22N2O3. The summed E-state index contributed by atoms with van der Waals surface area (Å²) in [5.74, 6) is -0.635. The molecule has 1 aromatic heterocycles. The quantitative estimate of drug-likeness (QED) is 0.883. The first-order valence-electron chi connectivity index (χ1n) is 7.59. The number of benzene rings is 1. The van der Waals surface area contributed by atoms with Gasteiger partial charge in [-0.2, -0.15) is 0 Å². The van der Waals surface area contributed by atoms with E-state index in [1.54, 1.807) is 18.2 Å². The second-order valence-corrected chi connectivity index (χ2v) is 6.31. The predicted octanol–water partition coefficient (Wildman–Crippen LogP) is 3.43. The minimum absolute atomic E-state index is 0.315. The number of rotatable bonds is 3.